The minimum atomic E-state index is -0.317. The smallest absolute Gasteiger partial charge is 0.338 e. The lowest BCUT2D eigenvalue weighted by Crippen LogP contribution is -2.26. The highest BCUT2D eigenvalue weighted by molar-refractivity contribution is 8.02. The molecule has 0 aliphatic carbocycles. The average molecular weight is 534 g/mol. The molecule has 1 aliphatic rings. The summed E-state index contributed by atoms with van der Waals surface area (Å²) in [5.41, 5.74) is 1.67. The summed E-state index contributed by atoms with van der Waals surface area (Å²) in [7, 11) is 1.64. The Morgan fingerprint density at radius 2 is 1.57 bits per heavy atom. The molecule has 0 saturated carbocycles. The van der Waals surface area contributed by atoms with Crippen LogP contribution in [0.15, 0.2) is 35.9 Å². The minimum absolute atomic E-state index is 0.198. The lowest BCUT2D eigenvalue weighted by molar-refractivity contribution is -0.0314. The molecule has 0 fully saturated rings. The predicted molar refractivity (Wildman–Crippen MR) is 156 cm³/mol. The van der Waals surface area contributed by atoms with E-state index in [1.807, 2.05) is 18.2 Å². The third-order valence-electron chi connectivity index (χ3n) is 6.84. The highest BCUT2D eigenvalue weighted by atomic mass is 32.2. The van der Waals surface area contributed by atoms with Gasteiger partial charge in [0.2, 0.25) is 0 Å². The van der Waals surface area contributed by atoms with Crippen LogP contribution in [0.2, 0.25) is 0 Å². The first-order valence-electron chi connectivity index (χ1n) is 14.6. The van der Waals surface area contributed by atoms with E-state index in [0.717, 1.165) is 31.0 Å². The highest BCUT2D eigenvalue weighted by Gasteiger charge is 2.14. The van der Waals surface area contributed by atoms with Gasteiger partial charge in [0.1, 0.15) is 12.7 Å². The normalized spacial score (nSPS) is 13.8. The largest absolute Gasteiger partial charge is 0.459 e. The fourth-order valence-corrected chi connectivity index (χ4v) is 5.20. The van der Waals surface area contributed by atoms with Crippen molar-refractivity contribution in [2.75, 3.05) is 32.8 Å². The molecule has 6 heteroatoms. The number of methoxy groups -OCH3 is 1. The Hall–Kier alpha value is -1.50. The minimum Gasteiger partial charge on any atom is -0.459 e. The van der Waals surface area contributed by atoms with E-state index in [9.17, 15) is 4.79 Å². The molecule has 0 radical (unpaired) electrons. The van der Waals surface area contributed by atoms with E-state index < -0.39 is 0 Å². The number of hydrogen-bond acceptors (Lipinski definition) is 6. The second-order valence-electron chi connectivity index (χ2n) is 10.2. The quantitative estimate of drug-likeness (QED) is 0.104. The van der Waals surface area contributed by atoms with Crippen LogP contribution in [0.5, 0.6) is 0 Å². The van der Waals surface area contributed by atoms with E-state index in [0.29, 0.717) is 12.2 Å². The van der Waals surface area contributed by atoms with E-state index in [4.69, 9.17) is 14.2 Å². The zero-order chi connectivity index (χ0) is 26.4. The molecule has 1 unspecified atom stereocenters. The molecule has 0 N–H and O–H groups in total. The molecule has 2 rings (SSSR count). The summed E-state index contributed by atoms with van der Waals surface area (Å²) in [5, 5.41) is 2.09. The first-order valence-corrected chi connectivity index (χ1v) is 15.7. The molecule has 1 atom stereocenters. The maximum absolute atomic E-state index is 12.5. The summed E-state index contributed by atoms with van der Waals surface area (Å²) < 4.78 is 16.8. The number of nitrogens with zero attached hydrogens (tertiary/aromatic N) is 1. The molecule has 0 spiro atoms. The van der Waals surface area contributed by atoms with E-state index in [1.165, 1.54) is 83.5 Å². The zero-order valence-electron chi connectivity index (χ0n) is 23.5. The van der Waals surface area contributed by atoms with Crippen LogP contribution in [-0.4, -0.2) is 49.8 Å². The third-order valence-corrected chi connectivity index (χ3v) is 7.63. The van der Waals surface area contributed by atoms with Crippen LogP contribution in [0.3, 0.4) is 0 Å². The van der Waals surface area contributed by atoms with Crippen molar-refractivity contribution in [1.29, 1.82) is 0 Å². The number of carbonyl (C=O) groups excluding carboxylic acids is 1. The van der Waals surface area contributed by atoms with Gasteiger partial charge in [-0.15, -0.1) is 11.8 Å². The van der Waals surface area contributed by atoms with Crippen LogP contribution in [0.25, 0.3) is 0 Å². The number of carbonyl (C=O) groups is 1. The van der Waals surface area contributed by atoms with E-state index in [1.54, 1.807) is 24.9 Å². The van der Waals surface area contributed by atoms with Crippen molar-refractivity contribution in [3.63, 3.8) is 0 Å². The maximum atomic E-state index is 12.5. The lowest BCUT2D eigenvalue weighted by atomic mass is 10.0. The second-order valence-corrected chi connectivity index (χ2v) is 11.0. The van der Waals surface area contributed by atoms with Gasteiger partial charge in [0.25, 0.3) is 0 Å². The summed E-state index contributed by atoms with van der Waals surface area (Å²) in [6, 6.07) is 7.66. The van der Waals surface area contributed by atoms with E-state index in [2.05, 4.69) is 23.4 Å². The molecular weight excluding hydrogens is 482 g/mol. The van der Waals surface area contributed by atoms with Crippen molar-refractivity contribution in [1.82, 2.24) is 4.90 Å². The highest BCUT2D eigenvalue weighted by Crippen LogP contribution is 2.19. The van der Waals surface area contributed by atoms with Crippen molar-refractivity contribution >= 4 is 17.7 Å². The molecule has 1 aromatic rings. The Morgan fingerprint density at radius 3 is 2.16 bits per heavy atom. The van der Waals surface area contributed by atoms with Gasteiger partial charge < -0.3 is 19.1 Å². The van der Waals surface area contributed by atoms with E-state index >= 15 is 0 Å². The van der Waals surface area contributed by atoms with Gasteiger partial charge in [-0.1, -0.05) is 103 Å². The van der Waals surface area contributed by atoms with Crippen LogP contribution in [0, 0.1) is 0 Å². The lowest BCUT2D eigenvalue weighted by Gasteiger charge is -2.17. The van der Waals surface area contributed by atoms with Crippen LogP contribution in [-0.2, 0) is 20.8 Å². The van der Waals surface area contributed by atoms with Gasteiger partial charge in [-0.05, 0) is 29.5 Å². The van der Waals surface area contributed by atoms with Gasteiger partial charge in [0.05, 0.1) is 18.0 Å². The Balaban J connectivity index is 1.44. The molecular formula is C31H51NO4S. The number of esters is 1. The maximum Gasteiger partial charge on any atom is 0.338 e. The van der Waals surface area contributed by atoms with Crippen LogP contribution in [0.4, 0.5) is 0 Å². The summed E-state index contributed by atoms with van der Waals surface area (Å²) in [6.07, 6.45) is 20.8. The Morgan fingerprint density at radius 1 is 0.919 bits per heavy atom. The Kier molecular flexibility index (Phi) is 18.4. The number of thioether (sulfide) groups is 1. The van der Waals surface area contributed by atoms with Gasteiger partial charge >= 0.3 is 5.97 Å². The summed E-state index contributed by atoms with van der Waals surface area (Å²) in [5.74, 6) is 0.631. The number of unbranched alkanes of at least 4 members (excludes halogenated alkanes) is 13. The number of ether oxygens (including phenoxy) is 3. The zero-order valence-corrected chi connectivity index (χ0v) is 24.3. The fourth-order valence-electron chi connectivity index (χ4n) is 4.49. The number of hydrogen-bond donors (Lipinski definition) is 0. The summed E-state index contributed by atoms with van der Waals surface area (Å²) in [6.45, 7) is 4.45. The van der Waals surface area contributed by atoms with Crippen molar-refractivity contribution < 1.29 is 19.0 Å². The van der Waals surface area contributed by atoms with Crippen LogP contribution < -0.4 is 0 Å². The Labute approximate surface area is 230 Å². The monoisotopic (exact) mass is 533 g/mol. The molecule has 1 aromatic carbocycles. The first-order chi connectivity index (χ1) is 18.2. The number of rotatable bonds is 23. The third kappa shape index (κ3) is 15.5. The van der Waals surface area contributed by atoms with Gasteiger partial charge in [-0.25, -0.2) is 4.79 Å². The molecule has 37 heavy (non-hydrogen) atoms. The molecule has 0 bridgehead atoms. The molecule has 0 saturated heterocycles. The standard InChI is InChI=1S/C31H51NO4S/c1-3-4-5-6-7-8-9-10-11-12-13-14-15-16-21-35-25-30(34-2)26-36-31(33)29-19-17-18-28(23-29)24-32-20-22-37-27-32/h17-20,22-23,30H,3-16,21,24-27H2,1-2H3. The number of benzene rings is 1. The topological polar surface area (TPSA) is 48.0 Å². The summed E-state index contributed by atoms with van der Waals surface area (Å²) >= 11 is 1.77. The average Bonchev–Trinajstić information content (AvgIpc) is 3.43. The van der Waals surface area contributed by atoms with Gasteiger partial charge in [-0.3, -0.25) is 0 Å². The SMILES string of the molecule is CCCCCCCCCCCCCCCCOCC(COC(=O)c1cccc(CN2C=CSC2)c1)OC. The van der Waals surface area contributed by atoms with Gasteiger partial charge in [0.15, 0.2) is 0 Å². The van der Waals surface area contributed by atoms with Crippen molar-refractivity contribution in [2.45, 2.75) is 109 Å². The van der Waals surface area contributed by atoms with Gasteiger partial charge in [-0.2, -0.15) is 0 Å². The van der Waals surface area contributed by atoms with E-state index in [-0.39, 0.29) is 18.7 Å². The van der Waals surface area contributed by atoms with Crippen molar-refractivity contribution in [3.8, 4) is 0 Å². The first kappa shape index (κ1) is 31.7. The molecule has 0 amide bonds. The van der Waals surface area contributed by atoms with Crippen molar-refractivity contribution in [3.05, 3.63) is 47.0 Å². The fraction of sp³-hybridized carbons (Fsp3) is 0.710. The molecule has 1 heterocycles. The molecule has 0 aromatic heterocycles. The predicted octanol–water partition coefficient (Wildman–Crippen LogP) is 8.33. The summed E-state index contributed by atoms with van der Waals surface area (Å²) in [4.78, 5) is 14.7. The van der Waals surface area contributed by atoms with Crippen LogP contribution >= 0.6 is 11.8 Å². The molecule has 210 valence electrons. The van der Waals surface area contributed by atoms with Crippen molar-refractivity contribution in [2.24, 2.45) is 0 Å². The molecule has 1 aliphatic heterocycles. The second kappa shape index (κ2) is 21.4. The van der Waals surface area contributed by atoms with Crippen LogP contribution in [0.1, 0.15) is 113 Å². The Bertz CT molecular complexity index is 742. The van der Waals surface area contributed by atoms with Gasteiger partial charge in [0, 0.05) is 26.5 Å². The molecule has 5 nitrogen and oxygen atoms in total.